The quantitative estimate of drug-likeness (QED) is 0.529. The molecule has 0 unspecified atom stereocenters. The molecule has 0 fully saturated rings. The topological polar surface area (TPSA) is 60.9 Å². The molecule has 0 spiro atoms. The second-order valence-electron chi connectivity index (χ2n) is 4.39. The minimum Gasteiger partial charge on any atom is -0.436 e. The predicted octanol–water partition coefficient (Wildman–Crippen LogP) is 2.53. The summed E-state index contributed by atoms with van der Waals surface area (Å²) in [5, 5.41) is 5.23. The summed E-state index contributed by atoms with van der Waals surface area (Å²) >= 11 is 0. The molecule has 0 aliphatic heterocycles. The third-order valence-corrected chi connectivity index (χ3v) is 3.13. The van der Waals surface area contributed by atoms with Gasteiger partial charge in [-0.3, -0.25) is 0 Å². The standard InChI is InChI=1S/C15H9N3O2/c19-15-16-14-13(11-8-4-5-9-12(11)20-14)17-18(15)10-6-2-1-3-7-10/h1-9H. The highest BCUT2D eigenvalue weighted by molar-refractivity contribution is 6.00. The van der Waals surface area contributed by atoms with Gasteiger partial charge in [0.2, 0.25) is 0 Å². The van der Waals surface area contributed by atoms with E-state index in [9.17, 15) is 4.79 Å². The Morgan fingerprint density at radius 3 is 2.55 bits per heavy atom. The molecule has 0 saturated heterocycles. The number of para-hydroxylation sites is 2. The number of hydrogen-bond donors (Lipinski definition) is 0. The van der Waals surface area contributed by atoms with Crippen molar-refractivity contribution in [3.63, 3.8) is 0 Å². The number of rotatable bonds is 1. The predicted molar refractivity (Wildman–Crippen MR) is 74.9 cm³/mol. The van der Waals surface area contributed by atoms with Gasteiger partial charge in [-0.05, 0) is 24.3 Å². The molecule has 5 nitrogen and oxygen atoms in total. The summed E-state index contributed by atoms with van der Waals surface area (Å²) in [6, 6.07) is 16.7. The smallest absolute Gasteiger partial charge is 0.372 e. The molecule has 0 atom stereocenters. The Bertz CT molecular complexity index is 971. The summed E-state index contributed by atoms with van der Waals surface area (Å²) in [5.41, 5.74) is 1.75. The zero-order chi connectivity index (χ0) is 13.5. The second kappa shape index (κ2) is 4.03. The Hall–Kier alpha value is -2.95. The van der Waals surface area contributed by atoms with E-state index >= 15 is 0 Å². The lowest BCUT2D eigenvalue weighted by Gasteiger charge is -2.02. The maximum absolute atomic E-state index is 12.0. The van der Waals surface area contributed by atoms with Crippen LogP contribution in [0.25, 0.3) is 27.9 Å². The molecule has 5 heteroatoms. The van der Waals surface area contributed by atoms with E-state index in [2.05, 4.69) is 10.1 Å². The van der Waals surface area contributed by atoms with Gasteiger partial charge >= 0.3 is 5.69 Å². The van der Waals surface area contributed by atoms with Crippen molar-refractivity contribution in [1.29, 1.82) is 0 Å². The minimum absolute atomic E-state index is 0.267. The van der Waals surface area contributed by atoms with E-state index < -0.39 is 5.69 Å². The molecule has 96 valence electrons. The zero-order valence-electron chi connectivity index (χ0n) is 10.4. The number of hydrogen-bond acceptors (Lipinski definition) is 4. The summed E-state index contributed by atoms with van der Waals surface area (Å²) in [7, 11) is 0. The van der Waals surface area contributed by atoms with Crippen molar-refractivity contribution in [3.05, 3.63) is 65.1 Å². The molecule has 0 amide bonds. The molecule has 0 aliphatic rings. The summed E-state index contributed by atoms with van der Waals surface area (Å²) in [6.07, 6.45) is 0. The number of benzene rings is 2. The van der Waals surface area contributed by atoms with Crippen LogP contribution in [0.15, 0.2) is 63.8 Å². The lowest BCUT2D eigenvalue weighted by atomic mass is 10.2. The lowest BCUT2D eigenvalue weighted by Crippen LogP contribution is -2.23. The van der Waals surface area contributed by atoms with E-state index in [1.54, 1.807) is 0 Å². The fraction of sp³-hybridized carbons (Fsp3) is 0. The van der Waals surface area contributed by atoms with E-state index in [4.69, 9.17) is 4.42 Å². The van der Waals surface area contributed by atoms with Crippen molar-refractivity contribution >= 4 is 22.2 Å². The number of nitrogens with zero attached hydrogens (tertiary/aromatic N) is 3. The summed E-state index contributed by atoms with van der Waals surface area (Å²) in [4.78, 5) is 16.0. The molecule has 2 aromatic heterocycles. The van der Waals surface area contributed by atoms with Crippen molar-refractivity contribution in [2.45, 2.75) is 0 Å². The minimum atomic E-state index is -0.456. The van der Waals surface area contributed by atoms with Crippen LogP contribution in [0.1, 0.15) is 0 Å². The molecule has 0 radical (unpaired) electrons. The van der Waals surface area contributed by atoms with Gasteiger partial charge in [0.15, 0.2) is 5.52 Å². The van der Waals surface area contributed by atoms with E-state index in [0.29, 0.717) is 16.8 Å². The summed E-state index contributed by atoms with van der Waals surface area (Å²) in [6.45, 7) is 0. The Morgan fingerprint density at radius 1 is 0.950 bits per heavy atom. The van der Waals surface area contributed by atoms with Crippen LogP contribution in [0.3, 0.4) is 0 Å². The van der Waals surface area contributed by atoms with Gasteiger partial charge in [-0.1, -0.05) is 30.3 Å². The van der Waals surface area contributed by atoms with Crippen molar-refractivity contribution in [2.75, 3.05) is 0 Å². The SMILES string of the molecule is O=c1nc2oc3ccccc3c2nn1-c1ccccc1. The first kappa shape index (κ1) is 10.9. The average Bonchev–Trinajstić information content (AvgIpc) is 2.84. The van der Waals surface area contributed by atoms with Gasteiger partial charge in [-0.2, -0.15) is 14.8 Å². The van der Waals surface area contributed by atoms with E-state index in [1.165, 1.54) is 4.68 Å². The molecule has 20 heavy (non-hydrogen) atoms. The Kier molecular flexibility index (Phi) is 2.20. The Morgan fingerprint density at radius 2 is 1.70 bits per heavy atom. The monoisotopic (exact) mass is 263 g/mol. The maximum atomic E-state index is 12.0. The molecule has 4 rings (SSSR count). The second-order valence-corrected chi connectivity index (χ2v) is 4.39. The van der Waals surface area contributed by atoms with Crippen LogP contribution in [0.5, 0.6) is 0 Å². The van der Waals surface area contributed by atoms with Gasteiger partial charge in [0.05, 0.1) is 11.1 Å². The first-order valence-electron chi connectivity index (χ1n) is 6.17. The number of furan rings is 1. The van der Waals surface area contributed by atoms with Gasteiger partial charge in [-0.15, -0.1) is 0 Å². The van der Waals surface area contributed by atoms with Crippen LogP contribution in [0.2, 0.25) is 0 Å². The molecule has 0 saturated carbocycles. The van der Waals surface area contributed by atoms with Crippen molar-refractivity contribution in [2.24, 2.45) is 0 Å². The molecule has 0 aliphatic carbocycles. The third-order valence-electron chi connectivity index (χ3n) is 3.13. The van der Waals surface area contributed by atoms with Crippen molar-refractivity contribution < 1.29 is 4.42 Å². The van der Waals surface area contributed by atoms with Gasteiger partial charge < -0.3 is 4.42 Å². The van der Waals surface area contributed by atoms with Gasteiger partial charge in [0.25, 0.3) is 5.71 Å². The fourth-order valence-electron chi connectivity index (χ4n) is 2.21. The average molecular weight is 263 g/mol. The molecule has 0 N–H and O–H groups in total. The van der Waals surface area contributed by atoms with Gasteiger partial charge in [0.1, 0.15) is 5.58 Å². The first-order valence-corrected chi connectivity index (χ1v) is 6.17. The maximum Gasteiger partial charge on any atom is 0.372 e. The fourth-order valence-corrected chi connectivity index (χ4v) is 2.21. The molecular weight excluding hydrogens is 254 g/mol. The largest absolute Gasteiger partial charge is 0.436 e. The molecule has 2 aromatic carbocycles. The van der Waals surface area contributed by atoms with E-state index in [0.717, 1.165) is 5.39 Å². The van der Waals surface area contributed by atoms with Gasteiger partial charge in [-0.25, -0.2) is 4.79 Å². The van der Waals surface area contributed by atoms with Crippen LogP contribution in [0, 0.1) is 0 Å². The molecule has 0 bridgehead atoms. The van der Waals surface area contributed by atoms with Crippen LogP contribution in [-0.4, -0.2) is 14.8 Å². The summed E-state index contributed by atoms with van der Waals surface area (Å²) in [5.74, 6) is 0. The van der Waals surface area contributed by atoms with Crippen molar-refractivity contribution in [3.8, 4) is 5.69 Å². The lowest BCUT2D eigenvalue weighted by molar-refractivity contribution is 0.639. The van der Waals surface area contributed by atoms with E-state index in [1.807, 2.05) is 54.6 Å². The highest BCUT2D eigenvalue weighted by Crippen LogP contribution is 2.24. The van der Waals surface area contributed by atoms with E-state index in [-0.39, 0.29) is 5.71 Å². The normalized spacial score (nSPS) is 11.2. The van der Waals surface area contributed by atoms with Crippen LogP contribution in [-0.2, 0) is 0 Å². The molecule has 4 aromatic rings. The zero-order valence-corrected chi connectivity index (χ0v) is 10.4. The number of aromatic nitrogens is 3. The summed E-state index contributed by atoms with van der Waals surface area (Å²) < 4.78 is 6.82. The highest BCUT2D eigenvalue weighted by Gasteiger charge is 2.12. The first-order chi connectivity index (χ1) is 9.83. The van der Waals surface area contributed by atoms with Crippen LogP contribution in [0.4, 0.5) is 0 Å². The molecular formula is C15H9N3O2. The third kappa shape index (κ3) is 1.53. The molecule has 2 heterocycles. The number of fused-ring (bicyclic) bond motifs is 3. The highest BCUT2D eigenvalue weighted by atomic mass is 16.3. The van der Waals surface area contributed by atoms with Gasteiger partial charge in [0, 0.05) is 0 Å². The van der Waals surface area contributed by atoms with Crippen LogP contribution >= 0.6 is 0 Å². The van der Waals surface area contributed by atoms with Crippen molar-refractivity contribution in [1.82, 2.24) is 14.8 Å². The Balaban J connectivity index is 2.11. The Labute approximate surface area is 113 Å². The van der Waals surface area contributed by atoms with Crippen LogP contribution < -0.4 is 5.69 Å².